The maximum atomic E-state index is 10.9. The predicted octanol–water partition coefficient (Wildman–Crippen LogP) is -1.39. The molecule has 0 radical (unpaired) electrons. The zero-order valence-electron chi connectivity index (χ0n) is 9.95. The van der Waals surface area contributed by atoms with E-state index < -0.39 is 10.1 Å². The molecule has 0 aliphatic rings. The van der Waals surface area contributed by atoms with Crippen molar-refractivity contribution in [2.24, 2.45) is 0 Å². The van der Waals surface area contributed by atoms with Gasteiger partial charge in [-0.2, -0.15) is 8.42 Å². The summed E-state index contributed by atoms with van der Waals surface area (Å²) >= 11 is 0. The van der Waals surface area contributed by atoms with Gasteiger partial charge in [-0.15, -0.1) is 0 Å². The van der Waals surface area contributed by atoms with E-state index in [1.165, 1.54) is 24.3 Å². The minimum absolute atomic E-state index is 0. The Morgan fingerprint density at radius 3 is 2.29 bits per heavy atom. The first-order valence-corrected chi connectivity index (χ1v) is 5.75. The minimum Gasteiger partial charge on any atom is -1.00 e. The zero-order chi connectivity index (χ0) is 11.9. The fourth-order valence-electron chi connectivity index (χ4n) is 1.45. The molecule has 3 N–H and O–H groups in total. The van der Waals surface area contributed by atoms with E-state index in [4.69, 9.17) is 4.55 Å². The molecular weight excluding hydrogens is 255 g/mol. The summed E-state index contributed by atoms with van der Waals surface area (Å²) in [7, 11) is -4.35. The summed E-state index contributed by atoms with van der Waals surface area (Å²) in [4.78, 5) is -0.386. The van der Waals surface area contributed by atoms with Crippen LogP contribution in [0.3, 0.4) is 0 Å². The predicted molar refractivity (Wildman–Crippen MR) is 58.2 cm³/mol. The number of hydrogen-bond acceptors (Lipinski definition) is 4. The molecule has 86 valence electrons. The molecule has 0 fully saturated rings. The van der Waals surface area contributed by atoms with Gasteiger partial charge in [0.15, 0.2) is 0 Å². The number of rotatable bonds is 1. The Bertz CT molecular complexity index is 671. The van der Waals surface area contributed by atoms with Crippen LogP contribution in [0.4, 0.5) is 0 Å². The van der Waals surface area contributed by atoms with Gasteiger partial charge in [0.1, 0.15) is 11.5 Å². The van der Waals surface area contributed by atoms with Gasteiger partial charge in [0, 0.05) is 11.5 Å². The standard InChI is InChI=1S/C10H8O5S.Na.H/c11-7-2-1-6-3-8(16(13,14)15)5-10(12)9(6)4-7;;/h1-5,11-12H,(H,13,14,15);;/q;+1;-1. The molecule has 2 rings (SSSR count). The molecule has 0 spiro atoms. The van der Waals surface area contributed by atoms with Gasteiger partial charge in [-0.3, -0.25) is 4.55 Å². The van der Waals surface area contributed by atoms with Crippen molar-refractivity contribution in [3.63, 3.8) is 0 Å². The quantitative estimate of drug-likeness (QED) is 0.435. The average molecular weight is 264 g/mol. The normalized spacial score (nSPS) is 11.1. The van der Waals surface area contributed by atoms with Gasteiger partial charge in [-0.05, 0) is 23.6 Å². The molecular formula is C10H9NaO5S. The summed E-state index contributed by atoms with van der Waals surface area (Å²) in [5, 5.41) is 19.5. The first-order chi connectivity index (χ1) is 7.38. The van der Waals surface area contributed by atoms with E-state index in [2.05, 4.69) is 0 Å². The summed E-state index contributed by atoms with van der Waals surface area (Å²) < 4.78 is 30.6. The van der Waals surface area contributed by atoms with E-state index >= 15 is 0 Å². The molecule has 0 heterocycles. The molecule has 0 saturated heterocycles. The van der Waals surface area contributed by atoms with Crippen molar-refractivity contribution < 1.29 is 54.2 Å². The van der Waals surface area contributed by atoms with Crippen LogP contribution in [-0.4, -0.2) is 23.2 Å². The second-order valence-electron chi connectivity index (χ2n) is 3.32. The van der Waals surface area contributed by atoms with Crippen LogP contribution in [0.2, 0.25) is 0 Å². The Hall–Kier alpha value is -0.790. The van der Waals surface area contributed by atoms with Gasteiger partial charge < -0.3 is 11.6 Å². The SMILES string of the molecule is O=S(=O)(O)c1cc(O)c2cc(O)ccc2c1.[H-].[Na+]. The second-order valence-corrected chi connectivity index (χ2v) is 4.74. The molecule has 5 nitrogen and oxygen atoms in total. The van der Waals surface area contributed by atoms with Crippen LogP contribution >= 0.6 is 0 Å². The Morgan fingerprint density at radius 1 is 1.06 bits per heavy atom. The number of benzene rings is 2. The van der Waals surface area contributed by atoms with E-state index in [9.17, 15) is 18.6 Å². The van der Waals surface area contributed by atoms with Crippen molar-refractivity contribution in [2.45, 2.75) is 4.90 Å². The van der Waals surface area contributed by atoms with Gasteiger partial charge in [0.05, 0.1) is 4.90 Å². The fourth-order valence-corrected chi connectivity index (χ4v) is 1.98. The van der Waals surface area contributed by atoms with Crippen LogP contribution in [0.1, 0.15) is 1.43 Å². The molecule has 0 aromatic heterocycles. The van der Waals surface area contributed by atoms with Gasteiger partial charge in [0.2, 0.25) is 0 Å². The van der Waals surface area contributed by atoms with Crippen molar-refractivity contribution in [1.82, 2.24) is 0 Å². The monoisotopic (exact) mass is 264 g/mol. The summed E-state index contributed by atoms with van der Waals surface area (Å²) in [6.45, 7) is 0. The van der Waals surface area contributed by atoms with Crippen molar-refractivity contribution >= 4 is 20.9 Å². The third-order valence-corrected chi connectivity index (χ3v) is 3.02. The van der Waals surface area contributed by atoms with Crippen molar-refractivity contribution in [3.8, 4) is 11.5 Å². The zero-order valence-corrected chi connectivity index (χ0v) is 11.8. The molecule has 0 atom stereocenters. The van der Waals surface area contributed by atoms with Crippen LogP contribution in [0.5, 0.6) is 11.5 Å². The Morgan fingerprint density at radius 2 is 1.71 bits per heavy atom. The third kappa shape index (κ3) is 2.91. The van der Waals surface area contributed by atoms with E-state index in [1.807, 2.05) is 0 Å². The maximum absolute atomic E-state index is 10.9. The molecule has 7 heteroatoms. The van der Waals surface area contributed by atoms with E-state index in [-0.39, 0.29) is 47.4 Å². The third-order valence-electron chi connectivity index (χ3n) is 2.19. The van der Waals surface area contributed by atoms with Crippen LogP contribution < -0.4 is 29.6 Å². The Kier molecular flexibility index (Phi) is 4.06. The molecule has 2 aromatic rings. The molecule has 2 aromatic carbocycles. The first-order valence-electron chi connectivity index (χ1n) is 4.31. The molecule has 0 unspecified atom stereocenters. The van der Waals surface area contributed by atoms with Gasteiger partial charge in [-0.25, -0.2) is 0 Å². The molecule has 17 heavy (non-hydrogen) atoms. The van der Waals surface area contributed by atoms with E-state index in [1.54, 1.807) is 0 Å². The number of phenolic OH excluding ortho intramolecular Hbond substituents is 2. The Labute approximate surface area is 121 Å². The summed E-state index contributed by atoms with van der Waals surface area (Å²) in [5.74, 6) is -0.358. The summed E-state index contributed by atoms with van der Waals surface area (Å²) in [6.07, 6.45) is 0. The second kappa shape index (κ2) is 4.83. The largest absolute Gasteiger partial charge is 1.00 e. The molecule has 0 bridgehead atoms. The van der Waals surface area contributed by atoms with Gasteiger partial charge in [0.25, 0.3) is 10.1 Å². The molecule has 0 aliphatic carbocycles. The van der Waals surface area contributed by atoms with Crippen LogP contribution in [-0.2, 0) is 10.1 Å². The summed E-state index contributed by atoms with van der Waals surface area (Å²) in [5.41, 5.74) is 0. The van der Waals surface area contributed by atoms with Crippen molar-refractivity contribution in [3.05, 3.63) is 30.3 Å². The van der Waals surface area contributed by atoms with Crippen LogP contribution in [0, 0.1) is 0 Å². The van der Waals surface area contributed by atoms with Crippen molar-refractivity contribution in [1.29, 1.82) is 0 Å². The average Bonchev–Trinajstić information content (AvgIpc) is 2.17. The molecule has 0 amide bonds. The van der Waals surface area contributed by atoms with E-state index in [0.717, 1.165) is 6.07 Å². The smallest absolute Gasteiger partial charge is 1.00 e. The van der Waals surface area contributed by atoms with Crippen LogP contribution in [0.25, 0.3) is 10.8 Å². The number of aromatic hydroxyl groups is 2. The molecule has 0 saturated carbocycles. The summed E-state index contributed by atoms with van der Waals surface area (Å²) in [6, 6.07) is 6.24. The number of hydrogen-bond donors (Lipinski definition) is 3. The minimum atomic E-state index is -4.35. The Balaban J connectivity index is 0.00000144. The maximum Gasteiger partial charge on any atom is 1.00 e. The fraction of sp³-hybridized carbons (Fsp3) is 0. The van der Waals surface area contributed by atoms with Crippen molar-refractivity contribution in [2.75, 3.05) is 0 Å². The van der Waals surface area contributed by atoms with Gasteiger partial charge in [-0.1, -0.05) is 6.07 Å². The topological polar surface area (TPSA) is 94.8 Å². The van der Waals surface area contributed by atoms with E-state index in [0.29, 0.717) is 10.8 Å². The number of phenols is 2. The van der Waals surface area contributed by atoms with Crippen LogP contribution in [0.15, 0.2) is 35.2 Å². The number of fused-ring (bicyclic) bond motifs is 1. The first kappa shape index (κ1) is 14.3. The molecule has 0 aliphatic heterocycles. The van der Waals surface area contributed by atoms with Gasteiger partial charge >= 0.3 is 29.6 Å².